The Kier molecular flexibility index (Phi) is 34.3. The Morgan fingerprint density at radius 1 is 0.607 bits per heavy atom. The Balaban J connectivity index is -0.000000337. The molecule has 0 radical (unpaired) electrons. The first-order valence-corrected chi connectivity index (χ1v) is 10.3. The second kappa shape index (κ2) is 30.5. The van der Waals surface area contributed by atoms with Crippen LogP contribution in [0.3, 0.4) is 0 Å². The normalized spacial score (nSPS) is 9.71. The summed E-state index contributed by atoms with van der Waals surface area (Å²) in [6.07, 6.45) is 9.16. The van der Waals surface area contributed by atoms with Crippen molar-refractivity contribution < 1.29 is 39.5 Å². The van der Waals surface area contributed by atoms with Crippen LogP contribution in [0.2, 0.25) is 0 Å². The van der Waals surface area contributed by atoms with E-state index in [-0.39, 0.29) is 13.2 Å². The van der Waals surface area contributed by atoms with Gasteiger partial charge in [0.15, 0.2) is 0 Å². The number of hydrogen-bond acceptors (Lipinski definition) is 6. The minimum atomic E-state index is -0.682. The maximum atomic E-state index is 10.0. The van der Waals surface area contributed by atoms with Crippen molar-refractivity contribution in [3.05, 3.63) is 0 Å². The summed E-state index contributed by atoms with van der Waals surface area (Å²) < 4.78 is 9.75. The fraction of sp³-hybridized carbons (Fsp3) is 0.900. The third-order valence-corrected chi connectivity index (χ3v) is 3.33. The first kappa shape index (κ1) is 31.5. The number of unbranched alkanes of at least 4 members (excludes halogenated alkanes) is 6. The second-order valence-corrected chi connectivity index (χ2v) is 6.08. The van der Waals surface area contributed by atoms with E-state index in [1.54, 1.807) is 0 Å². The average Bonchev–Trinajstić information content (AvgIpc) is 2.65. The maximum Gasteiger partial charge on any atom is 0.303 e. The van der Waals surface area contributed by atoms with Gasteiger partial charge in [0.25, 0.3) is 0 Å². The number of carboxylic acids is 2. The van der Waals surface area contributed by atoms with E-state index in [1.165, 1.54) is 19.3 Å². The lowest BCUT2D eigenvalue weighted by Crippen LogP contribution is -2.09. The standard InChI is InChI=1S/C8H16O2.C6H14O4.C6H12O2/c1-2-3-4-5-6-7-8(9)10;7-1-3-9-5-6-10-4-2-8;1-2-3-4-5-6(7)8/h2-7H2,1H3,(H,9,10);7-8H,1-6H2;2-5H2,1H3,(H,7,8). The van der Waals surface area contributed by atoms with Crippen LogP contribution in [0, 0.1) is 0 Å². The lowest BCUT2D eigenvalue weighted by molar-refractivity contribution is -0.138. The van der Waals surface area contributed by atoms with Crippen LogP contribution in [0.25, 0.3) is 0 Å². The first-order valence-electron chi connectivity index (χ1n) is 10.3. The zero-order chi connectivity index (χ0) is 21.9. The molecule has 0 saturated carbocycles. The van der Waals surface area contributed by atoms with Gasteiger partial charge >= 0.3 is 11.9 Å². The van der Waals surface area contributed by atoms with Gasteiger partial charge in [-0.15, -0.1) is 0 Å². The van der Waals surface area contributed by atoms with Gasteiger partial charge in [0.05, 0.1) is 39.6 Å². The van der Waals surface area contributed by atoms with Gasteiger partial charge in [-0.3, -0.25) is 9.59 Å². The molecule has 0 spiro atoms. The number of hydrogen-bond donors (Lipinski definition) is 4. The quantitative estimate of drug-likeness (QED) is 0.269. The van der Waals surface area contributed by atoms with Crippen LogP contribution in [0.1, 0.15) is 78.1 Å². The van der Waals surface area contributed by atoms with Crippen molar-refractivity contribution in [2.24, 2.45) is 0 Å². The molecule has 4 N–H and O–H groups in total. The van der Waals surface area contributed by atoms with Gasteiger partial charge in [-0.25, -0.2) is 0 Å². The highest BCUT2D eigenvalue weighted by molar-refractivity contribution is 5.66. The zero-order valence-corrected chi connectivity index (χ0v) is 17.7. The third-order valence-electron chi connectivity index (χ3n) is 3.33. The summed E-state index contributed by atoms with van der Waals surface area (Å²) in [6, 6.07) is 0. The van der Waals surface area contributed by atoms with Gasteiger partial charge in [-0.05, 0) is 12.8 Å². The predicted octanol–water partition coefficient (Wildman–Crippen LogP) is 3.09. The van der Waals surface area contributed by atoms with E-state index in [4.69, 9.17) is 29.9 Å². The summed E-state index contributed by atoms with van der Waals surface area (Å²) >= 11 is 0. The molecular weight excluding hydrogens is 368 g/mol. The van der Waals surface area contributed by atoms with Gasteiger partial charge in [0.1, 0.15) is 0 Å². The minimum Gasteiger partial charge on any atom is -0.481 e. The number of ether oxygens (including phenoxy) is 2. The van der Waals surface area contributed by atoms with Crippen molar-refractivity contribution in [3.8, 4) is 0 Å². The van der Waals surface area contributed by atoms with Crippen molar-refractivity contribution >= 4 is 11.9 Å². The van der Waals surface area contributed by atoms with Crippen molar-refractivity contribution in [2.75, 3.05) is 39.6 Å². The van der Waals surface area contributed by atoms with Gasteiger partial charge in [-0.1, -0.05) is 52.4 Å². The molecule has 28 heavy (non-hydrogen) atoms. The Morgan fingerprint density at radius 2 is 0.964 bits per heavy atom. The molecule has 0 unspecified atom stereocenters. The molecule has 0 rings (SSSR count). The van der Waals surface area contributed by atoms with Crippen LogP contribution in [0.15, 0.2) is 0 Å². The largest absolute Gasteiger partial charge is 0.481 e. The van der Waals surface area contributed by atoms with Crippen molar-refractivity contribution in [1.82, 2.24) is 0 Å². The summed E-state index contributed by atoms with van der Waals surface area (Å²) in [5.41, 5.74) is 0. The fourth-order valence-corrected chi connectivity index (χ4v) is 1.86. The maximum absolute atomic E-state index is 10.0. The van der Waals surface area contributed by atoms with E-state index >= 15 is 0 Å². The SMILES string of the molecule is CCCCCC(=O)O.CCCCCCCC(=O)O.OCCOCCOCCO. The number of carbonyl (C=O) groups is 2. The van der Waals surface area contributed by atoms with Crippen molar-refractivity contribution in [2.45, 2.75) is 78.1 Å². The van der Waals surface area contributed by atoms with Crippen molar-refractivity contribution in [3.63, 3.8) is 0 Å². The molecule has 0 fully saturated rings. The summed E-state index contributed by atoms with van der Waals surface area (Å²) in [4.78, 5) is 19.9. The van der Waals surface area contributed by atoms with E-state index in [1.807, 2.05) is 0 Å². The first-order chi connectivity index (χ1) is 13.5. The lowest BCUT2D eigenvalue weighted by Gasteiger charge is -2.01. The number of carboxylic acid groups (broad SMARTS) is 2. The molecule has 0 heterocycles. The Hall–Kier alpha value is -1.22. The summed E-state index contributed by atoms with van der Waals surface area (Å²) in [7, 11) is 0. The van der Waals surface area contributed by atoms with E-state index < -0.39 is 11.9 Å². The fourth-order valence-electron chi connectivity index (χ4n) is 1.86. The molecule has 0 aliphatic carbocycles. The highest BCUT2D eigenvalue weighted by Gasteiger charge is 1.95. The van der Waals surface area contributed by atoms with E-state index in [0.717, 1.165) is 32.1 Å². The number of aliphatic carboxylic acids is 2. The second-order valence-electron chi connectivity index (χ2n) is 6.08. The molecule has 0 atom stereocenters. The zero-order valence-electron chi connectivity index (χ0n) is 17.7. The topological polar surface area (TPSA) is 134 Å². The molecule has 0 aromatic rings. The van der Waals surface area contributed by atoms with Gasteiger partial charge < -0.3 is 29.9 Å². The van der Waals surface area contributed by atoms with Crippen LogP contribution in [0.5, 0.6) is 0 Å². The summed E-state index contributed by atoms with van der Waals surface area (Å²) in [5, 5.41) is 32.9. The van der Waals surface area contributed by atoms with E-state index in [9.17, 15) is 9.59 Å². The molecule has 0 aromatic heterocycles. The molecule has 0 saturated heterocycles. The van der Waals surface area contributed by atoms with Crippen LogP contribution < -0.4 is 0 Å². The van der Waals surface area contributed by atoms with Crippen LogP contribution in [-0.4, -0.2) is 72.0 Å². The molecule has 0 amide bonds. The Morgan fingerprint density at radius 3 is 1.32 bits per heavy atom. The van der Waals surface area contributed by atoms with Crippen molar-refractivity contribution in [1.29, 1.82) is 0 Å². The van der Waals surface area contributed by atoms with Crippen LogP contribution >= 0.6 is 0 Å². The lowest BCUT2D eigenvalue weighted by atomic mass is 10.1. The minimum absolute atomic E-state index is 0.0417. The highest BCUT2D eigenvalue weighted by atomic mass is 16.5. The average molecular weight is 411 g/mol. The van der Waals surface area contributed by atoms with E-state index in [0.29, 0.717) is 39.3 Å². The summed E-state index contributed by atoms with van der Waals surface area (Å²) in [5.74, 6) is -1.35. The monoisotopic (exact) mass is 410 g/mol. The third kappa shape index (κ3) is 44.3. The molecule has 8 nitrogen and oxygen atoms in total. The van der Waals surface area contributed by atoms with Gasteiger partial charge in [0, 0.05) is 12.8 Å². The Bertz CT molecular complexity index is 303. The van der Waals surface area contributed by atoms with Crippen LogP contribution in [0.4, 0.5) is 0 Å². The number of aliphatic hydroxyl groups excluding tert-OH is 2. The molecule has 8 heteroatoms. The molecule has 0 aliphatic heterocycles. The highest BCUT2D eigenvalue weighted by Crippen LogP contribution is 2.04. The van der Waals surface area contributed by atoms with Gasteiger partial charge in [-0.2, -0.15) is 0 Å². The van der Waals surface area contributed by atoms with Crippen LogP contribution in [-0.2, 0) is 19.1 Å². The summed E-state index contributed by atoms with van der Waals surface area (Å²) in [6.45, 7) is 5.94. The Labute approximate surface area is 169 Å². The molecule has 0 aromatic carbocycles. The predicted molar refractivity (Wildman–Crippen MR) is 109 cm³/mol. The van der Waals surface area contributed by atoms with Gasteiger partial charge in [0.2, 0.25) is 0 Å². The molecular formula is C20H42O8. The smallest absolute Gasteiger partial charge is 0.303 e. The van der Waals surface area contributed by atoms with E-state index in [2.05, 4.69) is 13.8 Å². The molecule has 0 aliphatic rings. The molecule has 0 bridgehead atoms. The molecule has 170 valence electrons. The number of aliphatic hydroxyl groups is 2. The number of rotatable bonds is 17.